The zero-order chi connectivity index (χ0) is 32.3. The summed E-state index contributed by atoms with van der Waals surface area (Å²) >= 11 is 0. The van der Waals surface area contributed by atoms with Crippen molar-refractivity contribution in [2.75, 3.05) is 39.9 Å². The van der Waals surface area contributed by atoms with Crippen LogP contribution in [-0.2, 0) is 16.2 Å². The second-order valence-corrected chi connectivity index (χ2v) is 11.6. The molecule has 1 saturated heterocycles. The maximum atomic E-state index is 13.6. The normalized spacial score (nSPS) is 16.1. The molecule has 1 amide bonds. The Balaban J connectivity index is 1.66. The lowest BCUT2D eigenvalue weighted by atomic mass is 9.95. The van der Waals surface area contributed by atoms with Crippen LogP contribution in [0.15, 0.2) is 78.4 Å². The fourth-order valence-electron chi connectivity index (χ4n) is 5.45. The number of hydrogen-bond donors (Lipinski definition) is 1. The van der Waals surface area contributed by atoms with E-state index in [0.29, 0.717) is 60.5 Å². The first-order valence-electron chi connectivity index (χ1n) is 15.9. The highest BCUT2D eigenvalue weighted by atomic mass is 16.5. The van der Waals surface area contributed by atoms with Crippen LogP contribution < -0.4 is 14.2 Å². The number of Topliss-reactive ketones (excluding diaryl/α,β-unsaturated/α-hetero) is 1. The van der Waals surface area contributed by atoms with Crippen molar-refractivity contribution < 1.29 is 28.9 Å². The minimum atomic E-state index is -0.783. The molecule has 8 nitrogen and oxygen atoms in total. The zero-order valence-electron chi connectivity index (χ0n) is 27.1. The predicted molar refractivity (Wildman–Crippen MR) is 177 cm³/mol. The van der Waals surface area contributed by atoms with E-state index in [-0.39, 0.29) is 11.3 Å². The van der Waals surface area contributed by atoms with E-state index >= 15 is 0 Å². The molecule has 0 aliphatic carbocycles. The van der Waals surface area contributed by atoms with Crippen LogP contribution in [0.5, 0.6) is 17.2 Å². The first kappa shape index (κ1) is 33.6. The summed E-state index contributed by atoms with van der Waals surface area (Å²) in [6.45, 7) is 12.4. The molecule has 1 atom stereocenters. The Kier molecular flexibility index (Phi) is 12.0. The van der Waals surface area contributed by atoms with Gasteiger partial charge in [0.05, 0.1) is 25.3 Å². The molecule has 1 N–H and O–H groups in total. The molecule has 45 heavy (non-hydrogen) atoms. The third kappa shape index (κ3) is 8.45. The minimum Gasteiger partial charge on any atom is -0.507 e. The SMILES string of the molecule is CCN(CC)CCCN1C(=O)C(=O)C(=C(O)c2ccc(OCc3ccccc3)cc2)[C@H]1c1ccc(OCCC(C)C)c(OC)c1. The summed E-state index contributed by atoms with van der Waals surface area (Å²) in [5, 5.41) is 11.6. The van der Waals surface area contributed by atoms with E-state index in [1.165, 1.54) is 0 Å². The summed E-state index contributed by atoms with van der Waals surface area (Å²) in [6, 6.07) is 21.4. The molecule has 1 aliphatic rings. The molecular weight excluding hydrogens is 568 g/mol. The first-order valence-corrected chi connectivity index (χ1v) is 15.9. The third-order valence-electron chi connectivity index (χ3n) is 8.14. The molecule has 0 radical (unpaired) electrons. The molecule has 3 aromatic rings. The summed E-state index contributed by atoms with van der Waals surface area (Å²) < 4.78 is 17.6. The van der Waals surface area contributed by atoms with Crippen LogP contribution >= 0.6 is 0 Å². The number of ketones is 1. The Hall–Kier alpha value is -4.30. The smallest absolute Gasteiger partial charge is 0.295 e. The number of ether oxygens (including phenoxy) is 3. The zero-order valence-corrected chi connectivity index (χ0v) is 27.1. The lowest BCUT2D eigenvalue weighted by Crippen LogP contribution is -2.33. The van der Waals surface area contributed by atoms with Gasteiger partial charge in [-0.2, -0.15) is 0 Å². The predicted octanol–water partition coefficient (Wildman–Crippen LogP) is 6.85. The number of carbonyl (C=O) groups excluding carboxylic acids is 2. The summed E-state index contributed by atoms with van der Waals surface area (Å²) in [6.07, 6.45) is 1.58. The van der Waals surface area contributed by atoms with Gasteiger partial charge in [-0.05, 0) is 85.9 Å². The van der Waals surface area contributed by atoms with Crippen LogP contribution in [-0.4, -0.2) is 66.5 Å². The van der Waals surface area contributed by atoms with Crippen molar-refractivity contribution in [3.8, 4) is 17.2 Å². The van der Waals surface area contributed by atoms with E-state index in [4.69, 9.17) is 14.2 Å². The van der Waals surface area contributed by atoms with Gasteiger partial charge in [0, 0.05) is 12.1 Å². The Labute approximate surface area is 267 Å². The highest BCUT2D eigenvalue weighted by Crippen LogP contribution is 2.42. The van der Waals surface area contributed by atoms with Crippen molar-refractivity contribution in [2.45, 2.75) is 53.2 Å². The average molecular weight is 615 g/mol. The van der Waals surface area contributed by atoms with E-state index in [2.05, 4.69) is 32.6 Å². The molecule has 0 unspecified atom stereocenters. The molecule has 1 fully saturated rings. The van der Waals surface area contributed by atoms with Crippen LogP contribution in [0.25, 0.3) is 5.76 Å². The molecule has 240 valence electrons. The summed E-state index contributed by atoms with van der Waals surface area (Å²) in [4.78, 5) is 30.9. The van der Waals surface area contributed by atoms with Gasteiger partial charge in [0.15, 0.2) is 11.5 Å². The van der Waals surface area contributed by atoms with E-state index in [1.807, 2.05) is 42.5 Å². The summed E-state index contributed by atoms with van der Waals surface area (Å²) in [5.41, 5.74) is 2.18. The number of likely N-dealkylation sites (tertiary alicyclic amines) is 1. The van der Waals surface area contributed by atoms with Gasteiger partial charge >= 0.3 is 0 Å². The van der Waals surface area contributed by atoms with E-state index in [1.54, 1.807) is 42.3 Å². The summed E-state index contributed by atoms with van der Waals surface area (Å²) in [7, 11) is 1.57. The molecule has 0 saturated carbocycles. The molecule has 8 heteroatoms. The Bertz CT molecular complexity index is 1450. The lowest BCUT2D eigenvalue weighted by Gasteiger charge is -2.27. The van der Waals surface area contributed by atoms with Crippen molar-refractivity contribution in [3.05, 3.63) is 95.1 Å². The molecule has 4 rings (SSSR count). The van der Waals surface area contributed by atoms with Crippen LogP contribution in [0.3, 0.4) is 0 Å². The van der Waals surface area contributed by atoms with Gasteiger partial charge in [-0.3, -0.25) is 9.59 Å². The standard InChI is InChI=1S/C37H46N2O6/c1-6-38(7-2)21-11-22-39-34(29-16-19-31(32(24-29)43-5)44-23-20-26(3)4)33(36(41)37(39)42)35(40)28-14-17-30(18-15-28)45-25-27-12-9-8-10-13-27/h8-10,12-19,24,26,34,40H,6-7,11,20-23,25H2,1-5H3/t34-/m1/s1. The number of aliphatic hydroxyl groups is 1. The van der Waals surface area contributed by atoms with Crippen molar-refractivity contribution >= 4 is 17.4 Å². The van der Waals surface area contributed by atoms with Crippen LogP contribution in [0.2, 0.25) is 0 Å². The Morgan fingerprint density at radius 1 is 0.933 bits per heavy atom. The third-order valence-corrected chi connectivity index (χ3v) is 8.14. The van der Waals surface area contributed by atoms with E-state index in [9.17, 15) is 14.7 Å². The molecular formula is C37H46N2O6. The van der Waals surface area contributed by atoms with Crippen molar-refractivity contribution in [3.63, 3.8) is 0 Å². The highest BCUT2D eigenvalue weighted by molar-refractivity contribution is 6.46. The molecule has 0 spiro atoms. The van der Waals surface area contributed by atoms with Gasteiger partial charge in [-0.15, -0.1) is 0 Å². The average Bonchev–Trinajstić information content (AvgIpc) is 3.31. The monoisotopic (exact) mass is 614 g/mol. The van der Waals surface area contributed by atoms with Gasteiger partial charge in [0.25, 0.3) is 11.7 Å². The van der Waals surface area contributed by atoms with Crippen molar-refractivity contribution in [1.82, 2.24) is 9.80 Å². The Morgan fingerprint density at radius 3 is 2.29 bits per heavy atom. The highest BCUT2D eigenvalue weighted by Gasteiger charge is 2.46. The first-order chi connectivity index (χ1) is 21.8. The number of hydrogen-bond acceptors (Lipinski definition) is 7. The molecule has 0 bridgehead atoms. The number of benzene rings is 3. The van der Waals surface area contributed by atoms with E-state index < -0.39 is 17.7 Å². The number of aliphatic hydroxyl groups excluding tert-OH is 1. The van der Waals surface area contributed by atoms with Gasteiger partial charge in [-0.1, -0.05) is 64.1 Å². The minimum absolute atomic E-state index is 0.0522. The maximum absolute atomic E-state index is 13.6. The molecule has 1 aliphatic heterocycles. The largest absolute Gasteiger partial charge is 0.507 e. The van der Waals surface area contributed by atoms with Crippen molar-refractivity contribution in [2.24, 2.45) is 5.92 Å². The number of carbonyl (C=O) groups is 2. The molecule has 0 aromatic heterocycles. The van der Waals surface area contributed by atoms with Crippen LogP contribution in [0.4, 0.5) is 0 Å². The van der Waals surface area contributed by atoms with Gasteiger partial charge in [0.2, 0.25) is 0 Å². The Morgan fingerprint density at radius 2 is 1.64 bits per heavy atom. The lowest BCUT2D eigenvalue weighted by molar-refractivity contribution is -0.140. The molecule has 1 heterocycles. The van der Waals surface area contributed by atoms with Crippen molar-refractivity contribution in [1.29, 1.82) is 0 Å². The maximum Gasteiger partial charge on any atom is 0.295 e. The van der Waals surface area contributed by atoms with Crippen LogP contribution in [0, 0.1) is 5.92 Å². The van der Waals surface area contributed by atoms with E-state index in [0.717, 1.165) is 31.6 Å². The number of methoxy groups -OCH3 is 1. The van der Waals surface area contributed by atoms with Gasteiger partial charge in [0.1, 0.15) is 18.1 Å². The van der Waals surface area contributed by atoms with Crippen LogP contribution in [0.1, 0.15) is 63.3 Å². The fourth-order valence-corrected chi connectivity index (χ4v) is 5.45. The fraction of sp³-hybridized carbons (Fsp3) is 0.405. The van der Waals surface area contributed by atoms with Gasteiger partial charge in [-0.25, -0.2) is 0 Å². The summed E-state index contributed by atoms with van der Waals surface area (Å²) in [5.74, 6) is 0.658. The topological polar surface area (TPSA) is 88.5 Å². The number of nitrogens with zero attached hydrogens (tertiary/aromatic N) is 2. The van der Waals surface area contributed by atoms with Gasteiger partial charge < -0.3 is 29.1 Å². The molecule has 3 aromatic carbocycles. The second kappa shape index (κ2) is 16.1. The quantitative estimate of drug-likeness (QED) is 0.107. The number of amides is 1. The second-order valence-electron chi connectivity index (χ2n) is 11.6. The number of rotatable bonds is 16.